The minimum absolute atomic E-state index is 0.0564. The van der Waals surface area contributed by atoms with Crippen molar-refractivity contribution in [1.82, 2.24) is 0 Å². The molecule has 1 atom stereocenters. The SMILES string of the molecule is C=CCC1([N+](=O)[O-])C=C(OC)C(O)=CC1. The molecule has 0 heterocycles. The van der Waals surface area contributed by atoms with E-state index in [1.165, 1.54) is 25.3 Å². The standard InChI is InChI=1S/C10H13NO4/c1-3-5-10(11(13)14)6-4-8(12)9(7-10)15-2/h3-4,7,12H,1,5-6H2,2H3. The third-order valence-corrected chi connectivity index (χ3v) is 2.38. The summed E-state index contributed by atoms with van der Waals surface area (Å²) >= 11 is 0. The van der Waals surface area contributed by atoms with Crippen molar-refractivity contribution in [2.75, 3.05) is 7.11 Å². The Morgan fingerprint density at radius 2 is 2.53 bits per heavy atom. The van der Waals surface area contributed by atoms with Crippen LogP contribution in [0.3, 0.4) is 0 Å². The minimum atomic E-state index is -1.24. The highest BCUT2D eigenvalue weighted by atomic mass is 16.6. The number of hydrogen-bond donors (Lipinski definition) is 1. The van der Waals surface area contributed by atoms with E-state index in [1.807, 2.05) is 0 Å². The number of rotatable bonds is 4. The second-order valence-electron chi connectivity index (χ2n) is 3.36. The van der Waals surface area contributed by atoms with Gasteiger partial charge in [-0.2, -0.15) is 0 Å². The zero-order valence-electron chi connectivity index (χ0n) is 8.47. The average Bonchev–Trinajstić information content (AvgIpc) is 2.21. The van der Waals surface area contributed by atoms with Crippen LogP contribution in [0.25, 0.3) is 0 Å². The Balaban J connectivity index is 3.09. The highest BCUT2D eigenvalue weighted by Crippen LogP contribution is 2.31. The summed E-state index contributed by atoms with van der Waals surface area (Å²) in [7, 11) is 1.36. The largest absolute Gasteiger partial charge is 0.504 e. The van der Waals surface area contributed by atoms with Gasteiger partial charge in [-0.1, -0.05) is 6.08 Å². The van der Waals surface area contributed by atoms with Crippen molar-refractivity contribution in [2.24, 2.45) is 0 Å². The molecule has 0 saturated carbocycles. The van der Waals surface area contributed by atoms with E-state index in [0.29, 0.717) is 0 Å². The van der Waals surface area contributed by atoms with Crippen LogP contribution in [0.15, 0.2) is 36.3 Å². The second kappa shape index (κ2) is 4.16. The van der Waals surface area contributed by atoms with E-state index in [4.69, 9.17) is 4.74 Å². The molecule has 0 fully saturated rings. The van der Waals surface area contributed by atoms with Gasteiger partial charge >= 0.3 is 0 Å². The van der Waals surface area contributed by atoms with E-state index in [0.717, 1.165) is 0 Å². The molecule has 82 valence electrons. The molecule has 1 N–H and O–H groups in total. The summed E-state index contributed by atoms with van der Waals surface area (Å²) in [6.45, 7) is 3.49. The highest BCUT2D eigenvalue weighted by Gasteiger charge is 2.42. The molecule has 0 aromatic rings. The Morgan fingerprint density at radius 1 is 1.87 bits per heavy atom. The van der Waals surface area contributed by atoms with Gasteiger partial charge in [0.2, 0.25) is 0 Å². The van der Waals surface area contributed by atoms with E-state index in [-0.39, 0.29) is 29.3 Å². The molecule has 1 rings (SSSR count). The molecule has 0 aliphatic heterocycles. The monoisotopic (exact) mass is 211 g/mol. The Morgan fingerprint density at radius 3 is 3.00 bits per heavy atom. The first-order chi connectivity index (χ1) is 7.05. The number of aliphatic hydroxyl groups is 1. The van der Waals surface area contributed by atoms with E-state index in [2.05, 4.69) is 6.58 Å². The van der Waals surface area contributed by atoms with Crippen LogP contribution in [-0.4, -0.2) is 22.7 Å². The van der Waals surface area contributed by atoms with Crippen LogP contribution in [0.2, 0.25) is 0 Å². The quantitative estimate of drug-likeness (QED) is 0.438. The predicted molar refractivity (Wildman–Crippen MR) is 55.0 cm³/mol. The van der Waals surface area contributed by atoms with Crippen molar-refractivity contribution in [2.45, 2.75) is 18.4 Å². The minimum Gasteiger partial charge on any atom is -0.504 e. The summed E-state index contributed by atoms with van der Waals surface area (Å²) < 4.78 is 4.86. The number of aliphatic hydroxyl groups excluding tert-OH is 1. The van der Waals surface area contributed by atoms with E-state index in [9.17, 15) is 15.2 Å². The molecule has 0 saturated heterocycles. The van der Waals surface area contributed by atoms with Crippen molar-refractivity contribution in [3.63, 3.8) is 0 Å². The van der Waals surface area contributed by atoms with Gasteiger partial charge in [-0.15, -0.1) is 6.58 Å². The molecule has 0 bridgehead atoms. The fourth-order valence-electron chi connectivity index (χ4n) is 1.51. The third kappa shape index (κ3) is 2.01. The fraction of sp³-hybridized carbons (Fsp3) is 0.400. The molecule has 0 radical (unpaired) electrons. The summed E-state index contributed by atoms with van der Waals surface area (Å²) in [6.07, 6.45) is 4.57. The zero-order chi connectivity index (χ0) is 11.5. The molecule has 1 aliphatic carbocycles. The summed E-state index contributed by atoms with van der Waals surface area (Å²) in [6, 6.07) is 0. The topological polar surface area (TPSA) is 72.6 Å². The van der Waals surface area contributed by atoms with Crippen LogP contribution in [0.4, 0.5) is 0 Å². The number of nitrogens with zero attached hydrogens (tertiary/aromatic N) is 1. The highest BCUT2D eigenvalue weighted by molar-refractivity contribution is 5.29. The Labute approximate surface area is 87.5 Å². The van der Waals surface area contributed by atoms with E-state index in [1.54, 1.807) is 0 Å². The van der Waals surface area contributed by atoms with Gasteiger partial charge in [0.25, 0.3) is 5.54 Å². The average molecular weight is 211 g/mol. The van der Waals surface area contributed by atoms with Crippen molar-refractivity contribution < 1.29 is 14.8 Å². The summed E-state index contributed by atoms with van der Waals surface area (Å²) in [5.41, 5.74) is -1.24. The first kappa shape index (κ1) is 11.3. The van der Waals surface area contributed by atoms with Crippen LogP contribution in [0.1, 0.15) is 12.8 Å². The molecule has 5 heteroatoms. The van der Waals surface area contributed by atoms with Crippen LogP contribution < -0.4 is 0 Å². The first-order valence-corrected chi connectivity index (χ1v) is 4.47. The van der Waals surface area contributed by atoms with Crippen molar-refractivity contribution in [1.29, 1.82) is 0 Å². The lowest BCUT2D eigenvalue weighted by Gasteiger charge is -2.23. The van der Waals surface area contributed by atoms with Gasteiger partial charge in [0.1, 0.15) is 0 Å². The predicted octanol–water partition coefficient (Wildman–Crippen LogP) is 1.95. The molecular weight excluding hydrogens is 198 g/mol. The van der Waals surface area contributed by atoms with Crippen LogP contribution in [0, 0.1) is 10.1 Å². The third-order valence-electron chi connectivity index (χ3n) is 2.38. The maximum absolute atomic E-state index is 11.0. The Bertz CT molecular complexity index is 345. The summed E-state index contributed by atoms with van der Waals surface area (Å²) in [5, 5.41) is 20.4. The summed E-state index contributed by atoms with van der Waals surface area (Å²) in [4.78, 5) is 10.6. The van der Waals surface area contributed by atoms with Crippen molar-refractivity contribution in [3.8, 4) is 0 Å². The zero-order valence-corrected chi connectivity index (χ0v) is 8.47. The number of nitro groups is 1. The molecule has 0 amide bonds. The van der Waals surface area contributed by atoms with Gasteiger partial charge in [0.15, 0.2) is 11.5 Å². The fourth-order valence-corrected chi connectivity index (χ4v) is 1.51. The lowest BCUT2D eigenvalue weighted by Crippen LogP contribution is -2.37. The molecule has 1 aliphatic rings. The molecule has 15 heavy (non-hydrogen) atoms. The number of ether oxygens (including phenoxy) is 1. The summed E-state index contributed by atoms with van der Waals surface area (Å²) in [5.74, 6) is 0.0823. The van der Waals surface area contributed by atoms with Gasteiger partial charge < -0.3 is 9.84 Å². The normalized spacial score (nSPS) is 25.1. The molecular formula is C10H13NO4. The van der Waals surface area contributed by atoms with E-state index >= 15 is 0 Å². The number of hydrogen-bond acceptors (Lipinski definition) is 4. The van der Waals surface area contributed by atoms with Crippen LogP contribution >= 0.6 is 0 Å². The lowest BCUT2D eigenvalue weighted by atomic mass is 9.87. The van der Waals surface area contributed by atoms with Gasteiger partial charge in [-0.05, 0) is 6.08 Å². The maximum atomic E-state index is 11.0. The van der Waals surface area contributed by atoms with Gasteiger partial charge in [-0.3, -0.25) is 10.1 Å². The van der Waals surface area contributed by atoms with Gasteiger partial charge in [0, 0.05) is 23.8 Å². The second-order valence-corrected chi connectivity index (χ2v) is 3.36. The number of methoxy groups -OCH3 is 1. The molecule has 0 spiro atoms. The smallest absolute Gasteiger partial charge is 0.251 e. The van der Waals surface area contributed by atoms with Crippen LogP contribution in [-0.2, 0) is 4.74 Å². The Kier molecular flexibility index (Phi) is 3.14. The first-order valence-electron chi connectivity index (χ1n) is 4.47. The molecule has 0 aromatic carbocycles. The van der Waals surface area contributed by atoms with Gasteiger partial charge in [-0.25, -0.2) is 0 Å². The van der Waals surface area contributed by atoms with E-state index < -0.39 is 5.54 Å². The maximum Gasteiger partial charge on any atom is 0.251 e. The molecule has 0 aromatic heterocycles. The van der Waals surface area contributed by atoms with Gasteiger partial charge in [0.05, 0.1) is 7.11 Å². The Hall–Kier alpha value is -1.78. The van der Waals surface area contributed by atoms with Crippen molar-refractivity contribution in [3.05, 3.63) is 46.4 Å². The lowest BCUT2D eigenvalue weighted by molar-refractivity contribution is -0.554. The molecule has 1 unspecified atom stereocenters. The van der Waals surface area contributed by atoms with Crippen molar-refractivity contribution >= 4 is 0 Å². The van der Waals surface area contributed by atoms with Crippen LogP contribution in [0.5, 0.6) is 0 Å². The molecule has 5 nitrogen and oxygen atoms in total.